The number of hydrogen-bond acceptors (Lipinski definition) is 5. The van der Waals surface area contributed by atoms with Gasteiger partial charge in [-0.25, -0.2) is 0 Å². The molecule has 2 aliphatic rings. The van der Waals surface area contributed by atoms with E-state index in [0.29, 0.717) is 17.6 Å². The van der Waals surface area contributed by atoms with E-state index in [2.05, 4.69) is 27.5 Å². The van der Waals surface area contributed by atoms with Crippen LogP contribution in [0.15, 0.2) is 35.1 Å². The van der Waals surface area contributed by atoms with Crippen LogP contribution in [0.3, 0.4) is 0 Å². The number of aromatic amines is 1. The Morgan fingerprint density at radius 2 is 2.04 bits per heavy atom. The van der Waals surface area contributed by atoms with Crippen molar-refractivity contribution < 1.29 is 9.59 Å². The van der Waals surface area contributed by atoms with Crippen LogP contribution in [0.25, 0.3) is 0 Å². The van der Waals surface area contributed by atoms with E-state index < -0.39 is 11.8 Å². The van der Waals surface area contributed by atoms with Crippen LogP contribution in [-0.4, -0.2) is 34.9 Å². The van der Waals surface area contributed by atoms with Gasteiger partial charge in [-0.05, 0) is 30.9 Å². The van der Waals surface area contributed by atoms with Gasteiger partial charge in [0.25, 0.3) is 5.56 Å². The number of carbonyl (C=O) groups excluding carboxylic acids is 2. The minimum Gasteiger partial charge on any atom is -0.342 e. The Morgan fingerprint density at radius 3 is 2.79 bits per heavy atom. The second-order valence-electron chi connectivity index (χ2n) is 7.51. The summed E-state index contributed by atoms with van der Waals surface area (Å²) in [7, 11) is 0. The number of amides is 2. The van der Waals surface area contributed by atoms with Crippen molar-refractivity contribution in [3.05, 3.63) is 46.2 Å². The molecule has 0 radical (unpaired) electrons. The third-order valence-electron chi connectivity index (χ3n) is 5.25. The Bertz CT molecular complexity index is 956. The van der Waals surface area contributed by atoms with Gasteiger partial charge in [-0.1, -0.05) is 25.1 Å². The molecule has 1 aromatic heterocycles. The number of H-pyrrole nitrogens is 1. The number of para-hydroxylation sites is 1. The van der Waals surface area contributed by atoms with Gasteiger partial charge in [0.2, 0.25) is 17.8 Å². The van der Waals surface area contributed by atoms with E-state index in [0.717, 1.165) is 25.9 Å². The van der Waals surface area contributed by atoms with Crippen LogP contribution in [0.4, 0.5) is 17.5 Å². The van der Waals surface area contributed by atoms with Gasteiger partial charge >= 0.3 is 0 Å². The summed E-state index contributed by atoms with van der Waals surface area (Å²) < 4.78 is 0. The summed E-state index contributed by atoms with van der Waals surface area (Å²) >= 11 is 0. The highest BCUT2D eigenvalue weighted by Gasteiger charge is 2.35. The summed E-state index contributed by atoms with van der Waals surface area (Å²) in [5.74, 6) is -0.463. The quantitative estimate of drug-likeness (QED) is 0.754. The molecule has 0 aliphatic carbocycles. The molecule has 1 fully saturated rings. The molecule has 0 spiro atoms. The molecule has 8 heteroatoms. The standard InChI is InChI=1S/C20H23N5O3/c1-12-6-5-9-25(11-12)20-23-17-16(19(28)24-20)14(10-15(26)22-17)18(27)21-13-7-3-2-4-8-13/h2-4,7-8,12,14H,5-6,9-11H2,1H3,(H,21,27)(H2,22,23,24,26,28)/t12-,14+/m0/s1. The monoisotopic (exact) mass is 381 g/mol. The molecule has 2 aromatic rings. The normalized spacial score (nSPS) is 21.6. The molecule has 0 unspecified atom stereocenters. The lowest BCUT2D eigenvalue weighted by Crippen LogP contribution is -2.40. The highest BCUT2D eigenvalue weighted by Crippen LogP contribution is 2.30. The maximum Gasteiger partial charge on any atom is 0.258 e. The summed E-state index contributed by atoms with van der Waals surface area (Å²) in [5, 5.41) is 5.44. The maximum absolute atomic E-state index is 12.8. The highest BCUT2D eigenvalue weighted by atomic mass is 16.2. The number of carbonyl (C=O) groups is 2. The topological polar surface area (TPSA) is 107 Å². The van der Waals surface area contributed by atoms with Crippen molar-refractivity contribution >= 4 is 29.3 Å². The fraction of sp³-hybridized carbons (Fsp3) is 0.400. The SMILES string of the molecule is C[C@H]1CCCN(c2nc3c(c(=O)[nH]2)[C@H](C(=O)Nc2ccccc2)CC(=O)N3)C1. The zero-order valence-corrected chi connectivity index (χ0v) is 15.7. The van der Waals surface area contributed by atoms with Crippen LogP contribution in [0.2, 0.25) is 0 Å². The Morgan fingerprint density at radius 1 is 1.25 bits per heavy atom. The number of nitrogens with one attached hydrogen (secondary N) is 3. The molecule has 3 N–H and O–H groups in total. The van der Waals surface area contributed by atoms with Crippen molar-refractivity contribution in [1.29, 1.82) is 0 Å². The third-order valence-corrected chi connectivity index (χ3v) is 5.25. The lowest BCUT2D eigenvalue weighted by atomic mass is 9.92. The molecule has 1 saturated heterocycles. The zero-order valence-electron chi connectivity index (χ0n) is 15.7. The summed E-state index contributed by atoms with van der Waals surface area (Å²) in [5.41, 5.74) is 0.441. The van der Waals surface area contributed by atoms with Gasteiger partial charge in [-0.2, -0.15) is 4.98 Å². The van der Waals surface area contributed by atoms with Crippen molar-refractivity contribution in [2.24, 2.45) is 5.92 Å². The van der Waals surface area contributed by atoms with Gasteiger partial charge in [0, 0.05) is 25.2 Å². The molecule has 146 valence electrons. The van der Waals surface area contributed by atoms with Crippen LogP contribution in [0, 0.1) is 5.92 Å². The van der Waals surface area contributed by atoms with E-state index in [1.807, 2.05) is 11.0 Å². The second-order valence-corrected chi connectivity index (χ2v) is 7.51. The number of rotatable bonds is 3. The van der Waals surface area contributed by atoms with E-state index in [9.17, 15) is 14.4 Å². The number of nitrogens with zero attached hydrogens (tertiary/aromatic N) is 2. The molecule has 4 rings (SSSR count). The van der Waals surface area contributed by atoms with Crippen LogP contribution in [-0.2, 0) is 9.59 Å². The van der Waals surface area contributed by atoms with Gasteiger partial charge in [-0.3, -0.25) is 19.4 Å². The van der Waals surface area contributed by atoms with Crippen molar-refractivity contribution in [2.45, 2.75) is 32.1 Å². The zero-order chi connectivity index (χ0) is 19.7. The first kappa shape index (κ1) is 18.2. The summed E-state index contributed by atoms with van der Waals surface area (Å²) in [4.78, 5) is 47.1. The molecule has 8 nitrogen and oxygen atoms in total. The Balaban J connectivity index is 1.65. The van der Waals surface area contributed by atoms with Crippen molar-refractivity contribution in [3.63, 3.8) is 0 Å². The van der Waals surface area contributed by atoms with Gasteiger partial charge in [-0.15, -0.1) is 0 Å². The van der Waals surface area contributed by atoms with Gasteiger partial charge in [0.15, 0.2) is 0 Å². The van der Waals surface area contributed by atoms with Crippen LogP contribution < -0.4 is 21.1 Å². The Kier molecular flexibility index (Phi) is 4.85. The van der Waals surface area contributed by atoms with Crippen LogP contribution in [0.1, 0.15) is 37.7 Å². The predicted molar refractivity (Wildman–Crippen MR) is 107 cm³/mol. The first-order valence-corrected chi connectivity index (χ1v) is 9.56. The van der Waals surface area contributed by atoms with E-state index in [1.165, 1.54) is 0 Å². The fourth-order valence-electron chi connectivity index (χ4n) is 3.87. The molecule has 0 saturated carbocycles. The smallest absolute Gasteiger partial charge is 0.258 e. The molecular weight excluding hydrogens is 358 g/mol. The molecule has 28 heavy (non-hydrogen) atoms. The molecule has 2 amide bonds. The van der Waals surface area contributed by atoms with Crippen molar-refractivity contribution in [3.8, 4) is 0 Å². The van der Waals surface area contributed by atoms with E-state index in [1.54, 1.807) is 24.3 Å². The lowest BCUT2D eigenvalue weighted by molar-refractivity contribution is -0.123. The third kappa shape index (κ3) is 3.62. The summed E-state index contributed by atoms with van der Waals surface area (Å²) in [6, 6.07) is 8.96. The average molecular weight is 381 g/mol. The first-order chi connectivity index (χ1) is 13.5. The largest absolute Gasteiger partial charge is 0.342 e. The molecule has 2 aliphatic heterocycles. The Labute approximate surface area is 162 Å². The lowest BCUT2D eigenvalue weighted by Gasteiger charge is -2.32. The maximum atomic E-state index is 12.8. The molecular formula is C20H23N5O3. The van der Waals surface area contributed by atoms with Crippen molar-refractivity contribution in [1.82, 2.24) is 9.97 Å². The molecule has 3 heterocycles. The van der Waals surface area contributed by atoms with Crippen molar-refractivity contribution in [2.75, 3.05) is 28.6 Å². The number of aromatic nitrogens is 2. The Hall–Kier alpha value is -3.16. The number of piperidine rings is 1. The van der Waals surface area contributed by atoms with Gasteiger partial charge in [0.1, 0.15) is 5.82 Å². The summed E-state index contributed by atoms with van der Waals surface area (Å²) in [6.07, 6.45) is 2.08. The number of benzene rings is 1. The number of hydrogen-bond donors (Lipinski definition) is 3. The second kappa shape index (κ2) is 7.46. The van der Waals surface area contributed by atoms with Crippen LogP contribution >= 0.6 is 0 Å². The van der Waals surface area contributed by atoms with Gasteiger partial charge < -0.3 is 15.5 Å². The fourth-order valence-corrected chi connectivity index (χ4v) is 3.87. The van der Waals surface area contributed by atoms with E-state index in [4.69, 9.17) is 0 Å². The predicted octanol–water partition coefficient (Wildman–Crippen LogP) is 2.07. The van der Waals surface area contributed by atoms with Crippen LogP contribution in [0.5, 0.6) is 0 Å². The minimum atomic E-state index is -0.880. The first-order valence-electron chi connectivity index (χ1n) is 9.56. The number of anilines is 3. The molecule has 0 bridgehead atoms. The molecule has 2 atom stereocenters. The summed E-state index contributed by atoms with van der Waals surface area (Å²) in [6.45, 7) is 3.76. The average Bonchev–Trinajstić information content (AvgIpc) is 2.67. The van der Waals surface area contributed by atoms with E-state index >= 15 is 0 Å². The number of fused-ring (bicyclic) bond motifs is 1. The van der Waals surface area contributed by atoms with E-state index in [-0.39, 0.29) is 29.3 Å². The highest BCUT2D eigenvalue weighted by molar-refractivity contribution is 6.04. The molecule has 1 aromatic carbocycles. The minimum absolute atomic E-state index is 0.0868. The van der Waals surface area contributed by atoms with Gasteiger partial charge in [0.05, 0.1) is 11.5 Å².